The number of carbonyl (C=O) groups excluding carboxylic acids is 1. The molecule has 1 amide bonds. The van der Waals surface area contributed by atoms with E-state index in [-0.39, 0.29) is 34.2 Å². The molecule has 0 bridgehead atoms. The molecule has 26 heavy (non-hydrogen) atoms. The molecule has 2 aromatic rings. The maximum atomic E-state index is 13.2. The van der Waals surface area contributed by atoms with Crippen LogP contribution in [-0.2, 0) is 10.0 Å². The maximum Gasteiger partial charge on any atom is 0.261 e. The molecule has 0 aromatic heterocycles. The summed E-state index contributed by atoms with van der Waals surface area (Å²) in [5, 5.41) is 11.5. The van der Waals surface area contributed by atoms with Crippen LogP contribution in [0, 0.1) is 5.82 Å². The number of sulfonamides is 1. The summed E-state index contributed by atoms with van der Waals surface area (Å²) in [6.07, 6.45) is 0.584. The van der Waals surface area contributed by atoms with Gasteiger partial charge in [-0.3, -0.25) is 9.52 Å². The lowest BCUT2D eigenvalue weighted by molar-refractivity contribution is 0.0915. The number of halogens is 2. The average molecular weight is 401 g/mol. The highest BCUT2D eigenvalue weighted by atomic mass is 35.5. The highest BCUT2D eigenvalue weighted by Crippen LogP contribution is 2.22. The third-order valence-corrected chi connectivity index (χ3v) is 5.32. The van der Waals surface area contributed by atoms with Crippen LogP contribution in [0.5, 0.6) is 0 Å². The first-order valence-corrected chi connectivity index (χ1v) is 9.62. The fourth-order valence-corrected chi connectivity index (χ4v) is 3.42. The summed E-state index contributed by atoms with van der Waals surface area (Å²) in [6, 6.07) is 8.50. The molecule has 0 saturated heterocycles. The van der Waals surface area contributed by atoms with Crippen molar-refractivity contribution in [1.29, 1.82) is 0 Å². The number of carbonyl (C=O) groups is 1. The standard InChI is InChI=1S/C17H18ClFN2O4S/c1-2-12(10-22)20-17(23)11-3-5-13(6-4-11)21-26(24,25)14-7-8-16(19)15(18)9-14/h3-9,12,21-22H,2,10H2,1H3,(H,20,23). The van der Waals surface area contributed by atoms with Crippen LogP contribution in [0.4, 0.5) is 10.1 Å². The second-order valence-corrected chi connectivity index (χ2v) is 7.61. The van der Waals surface area contributed by atoms with Crippen LogP contribution in [0.15, 0.2) is 47.4 Å². The lowest BCUT2D eigenvalue weighted by atomic mass is 10.1. The molecule has 0 saturated carbocycles. The molecule has 0 aliphatic carbocycles. The SMILES string of the molecule is CCC(CO)NC(=O)c1ccc(NS(=O)(=O)c2ccc(F)c(Cl)c2)cc1. The molecule has 0 heterocycles. The molecule has 0 aliphatic rings. The van der Waals surface area contributed by atoms with Gasteiger partial charge >= 0.3 is 0 Å². The van der Waals surface area contributed by atoms with Crippen molar-refractivity contribution in [3.8, 4) is 0 Å². The van der Waals surface area contributed by atoms with Crippen molar-refractivity contribution in [3.05, 3.63) is 58.9 Å². The quantitative estimate of drug-likeness (QED) is 0.666. The molecular weight excluding hydrogens is 383 g/mol. The molecule has 2 aromatic carbocycles. The summed E-state index contributed by atoms with van der Waals surface area (Å²) in [7, 11) is -3.95. The zero-order valence-electron chi connectivity index (χ0n) is 13.9. The summed E-state index contributed by atoms with van der Waals surface area (Å²) >= 11 is 5.61. The Labute approximate surface area is 156 Å². The van der Waals surface area contributed by atoms with Gasteiger partial charge in [0, 0.05) is 11.3 Å². The van der Waals surface area contributed by atoms with Crippen molar-refractivity contribution in [2.45, 2.75) is 24.3 Å². The van der Waals surface area contributed by atoms with E-state index in [1.165, 1.54) is 24.3 Å². The monoisotopic (exact) mass is 400 g/mol. The number of aliphatic hydroxyl groups excluding tert-OH is 1. The van der Waals surface area contributed by atoms with Crippen LogP contribution >= 0.6 is 11.6 Å². The number of aliphatic hydroxyl groups is 1. The van der Waals surface area contributed by atoms with Gasteiger partial charge in [-0.2, -0.15) is 0 Å². The van der Waals surface area contributed by atoms with Crippen molar-refractivity contribution in [1.82, 2.24) is 5.32 Å². The predicted octanol–water partition coefficient (Wildman–Crippen LogP) is 2.78. The number of hydrogen-bond acceptors (Lipinski definition) is 4. The number of amides is 1. The molecule has 0 fully saturated rings. The fourth-order valence-electron chi connectivity index (χ4n) is 2.09. The second-order valence-electron chi connectivity index (χ2n) is 5.52. The summed E-state index contributed by atoms with van der Waals surface area (Å²) < 4.78 is 40.1. The lowest BCUT2D eigenvalue weighted by Crippen LogP contribution is -2.36. The molecule has 1 atom stereocenters. The normalized spacial score (nSPS) is 12.5. The van der Waals surface area contributed by atoms with Crippen LogP contribution in [0.2, 0.25) is 5.02 Å². The molecule has 2 rings (SSSR count). The number of rotatable bonds is 7. The van der Waals surface area contributed by atoms with E-state index < -0.39 is 15.8 Å². The Balaban J connectivity index is 2.13. The molecule has 140 valence electrons. The third-order valence-electron chi connectivity index (χ3n) is 3.65. The van der Waals surface area contributed by atoms with Gasteiger partial charge in [-0.25, -0.2) is 12.8 Å². The molecule has 9 heteroatoms. The number of anilines is 1. The van der Waals surface area contributed by atoms with Gasteiger partial charge in [-0.15, -0.1) is 0 Å². The number of hydrogen-bond donors (Lipinski definition) is 3. The van der Waals surface area contributed by atoms with E-state index in [2.05, 4.69) is 10.0 Å². The molecule has 0 radical (unpaired) electrons. The van der Waals surface area contributed by atoms with Gasteiger partial charge < -0.3 is 10.4 Å². The van der Waals surface area contributed by atoms with Gasteiger partial charge in [0.05, 0.1) is 22.6 Å². The van der Waals surface area contributed by atoms with E-state index in [0.717, 1.165) is 18.2 Å². The molecule has 0 spiro atoms. The largest absolute Gasteiger partial charge is 0.394 e. The van der Waals surface area contributed by atoms with Gasteiger partial charge in [0.2, 0.25) is 0 Å². The Bertz CT molecular complexity index is 884. The van der Waals surface area contributed by atoms with Gasteiger partial charge in [-0.1, -0.05) is 18.5 Å². The van der Waals surface area contributed by atoms with Gasteiger partial charge in [0.1, 0.15) is 5.82 Å². The van der Waals surface area contributed by atoms with E-state index in [1.807, 2.05) is 6.92 Å². The van der Waals surface area contributed by atoms with E-state index in [4.69, 9.17) is 16.7 Å². The molecule has 6 nitrogen and oxygen atoms in total. The van der Waals surface area contributed by atoms with Gasteiger partial charge in [-0.05, 0) is 48.9 Å². The zero-order chi connectivity index (χ0) is 19.3. The van der Waals surface area contributed by atoms with Gasteiger partial charge in [0.15, 0.2) is 0 Å². The van der Waals surface area contributed by atoms with E-state index in [9.17, 15) is 17.6 Å². The Morgan fingerprint density at radius 1 is 1.23 bits per heavy atom. The third kappa shape index (κ3) is 4.94. The van der Waals surface area contributed by atoms with E-state index in [1.54, 1.807) is 0 Å². The first-order valence-electron chi connectivity index (χ1n) is 7.76. The Kier molecular flexibility index (Phi) is 6.57. The minimum absolute atomic E-state index is 0.166. The van der Waals surface area contributed by atoms with Crippen molar-refractivity contribution in [2.75, 3.05) is 11.3 Å². The maximum absolute atomic E-state index is 13.2. The molecule has 0 aliphatic heterocycles. The summed E-state index contributed by atoms with van der Waals surface area (Å²) in [4.78, 5) is 11.9. The topological polar surface area (TPSA) is 95.5 Å². The van der Waals surface area contributed by atoms with Crippen molar-refractivity contribution in [2.24, 2.45) is 0 Å². The van der Waals surface area contributed by atoms with E-state index >= 15 is 0 Å². The average Bonchev–Trinajstić information content (AvgIpc) is 2.62. The van der Waals surface area contributed by atoms with Crippen LogP contribution in [0.3, 0.4) is 0 Å². The highest BCUT2D eigenvalue weighted by molar-refractivity contribution is 7.92. The van der Waals surface area contributed by atoms with Crippen LogP contribution in [-0.4, -0.2) is 32.1 Å². The fraction of sp³-hybridized carbons (Fsp3) is 0.235. The second kappa shape index (κ2) is 8.48. The molecular formula is C17H18ClFN2O4S. The van der Waals surface area contributed by atoms with E-state index in [0.29, 0.717) is 12.0 Å². The van der Waals surface area contributed by atoms with Gasteiger partial charge in [0.25, 0.3) is 15.9 Å². The first-order chi connectivity index (χ1) is 12.3. The van der Waals surface area contributed by atoms with Crippen LogP contribution in [0.25, 0.3) is 0 Å². The lowest BCUT2D eigenvalue weighted by Gasteiger charge is -2.14. The summed E-state index contributed by atoms with van der Waals surface area (Å²) in [6.45, 7) is 1.67. The summed E-state index contributed by atoms with van der Waals surface area (Å²) in [5.74, 6) is -1.08. The summed E-state index contributed by atoms with van der Waals surface area (Å²) in [5.41, 5.74) is 0.556. The minimum Gasteiger partial charge on any atom is -0.394 e. The van der Waals surface area contributed by atoms with Crippen molar-refractivity contribution in [3.63, 3.8) is 0 Å². The highest BCUT2D eigenvalue weighted by Gasteiger charge is 2.17. The van der Waals surface area contributed by atoms with Crippen molar-refractivity contribution < 1.29 is 22.7 Å². The Morgan fingerprint density at radius 2 is 1.88 bits per heavy atom. The predicted molar refractivity (Wildman–Crippen MR) is 97.3 cm³/mol. The van der Waals surface area contributed by atoms with Crippen LogP contribution < -0.4 is 10.0 Å². The minimum atomic E-state index is -3.95. The molecule has 3 N–H and O–H groups in total. The Hall–Kier alpha value is -2.16. The van der Waals surface area contributed by atoms with Crippen molar-refractivity contribution >= 4 is 33.2 Å². The zero-order valence-corrected chi connectivity index (χ0v) is 15.4. The van der Waals surface area contributed by atoms with Crippen LogP contribution in [0.1, 0.15) is 23.7 Å². The smallest absolute Gasteiger partial charge is 0.261 e. The Morgan fingerprint density at radius 3 is 2.42 bits per heavy atom. The number of nitrogens with one attached hydrogen (secondary N) is 2. The first kappa shape index (κ1) is 20.2. The number of benzene rings is 2. The molecule has 1 unspecified atom stereocenters.